The van der Waals surface area contributed by atoms with Crippen molar-refractivity contribution in [2.24, 2.45) is 0 Å². The average molecular weight is 469 g/mol. The lowest BCUT2D eigenvalue weighted by atomic mass is 9.92. The smallest absolute Gasteiger partial charge is 0.200 e. The Labute approximate surface area is 199 Å². The van der Waals surface area contributed by atoms with Crippen LogP contribution in [0.3, 0.4) is 0 Å². The zero-order chi connectivity index (χ0) is 25.0. The molecule has 1 aliphatic rings. The summed E-state index contributed by atoms with van der Waals surface area (Å²) >= 11 is 0. The van der Waals surface area contributed by atoms with Crippen LogP contribution in [0.2, 0.25) is 0 Å². The highest BCUT2D eigenvalue weighted by molar-refractivity contribution is 6.03. The number of phenolic OH excluding ortho intramolecular Hbond substituents is 4. The molecule has 0 aliphatic carbocycles. The monoisotopic (exact) mass is 468 g/mol. The molecule has 7 heteroatoms. The maximum Gasteiger partial charge on any atom is 0.200 e. The van der Waals surface area contributed by atoms with Gasteiger partial charge in [-0.1, -0.05) is 23.3 Å². The van der Waals surface area contributed by atoms with Crippen LogP contribution in [0.15, 0.2) is 41.5 Å². The van der Waals surface area contributed by atoms with Crippen LogP contribution in [0.4, 0.5) is 0 Å². The molecule has 1 heterocycles. The number of aromatic hydroxyl groups is 4. The zero-order valence-corrected chi connectivity index (χ0v) is 20.0. The molecule has 1 aliphatic heterocycles. The predicted octanol–water partition coefficient (Wildman–Crippen LogP) is 5.85. The van der Waals surface area contributed by atoms with Gasteiger partial charge in [0.1, 0.15) is 28.9 Å². The molecule has 34 heavy (non-hydrogen) atoms. The van der Waals surface area contributed by atoms with E-state index < -0.39 is 17.6 Å². The molecule has 0 radical (unpaired) electrons. The number of allylic oxidation sites excluding steroid dienone is 4. The topological polar surface area (TPSA) is 116 Å². The van der Waals surface area contributed by atoms with E-state index in [-0.39, 0.29) is 40.8 Å². The second-order valence-corrected chi connectivity index (χ2v) is 8.83. The minimum atomic E-state index is -0.781. The highest BCUT2D eigenvalue weighted by atomic mass is 16.5. The van der Waals surface area contributed by atoms with Gasteiger partial charge in [-0.25, -0.2) is 0 Å². The maximum atomic E-state index is 12.9. The first-order valence-corrected chi connectivity index (χ1v) is 11.3. The number of methoxy groups -OCH3 is 1. The first-order chi connectivity index (χ1) is 16.1. The largest absolute Gasteiger partial charge is 0.507 e. The zero-order valence-electron chi connectivity index (χ0n) is 20.0. The number of ketones is 1. The van der Waals surface area contributed by atoms with Crippen molar-refractivity contribution in [3.63, 3.8) is 0 Å². The van der Waals surface area contributed by atoms with Crippen molar-refractivity contribution in [2.75, 3.05) is 7.11 Å². The molecule has 0 aromatic heterocycles. The van der Waals surface area contributed by atoms with E-state index in [1.165, 1.54) is 36.5 Å². The lowest BCUT2D eigenvalue weighted by molar-refractivity contribution is 0.0843. The maximum absolute atomic E-state index is 12.9. The van der Waals surface area contributed by atoms with E-state index in [1.54, 1.807) is 0 Å². The first kappa shape index (κ1) is 25.0. The molecule has 0 bridgehead atoms. The van der Waals surface area contributed by atoms with Crippen molar-refractivity contribution >= 4 is 5.78 Å². The van der Waals surface area contributed by atoms with Gasteiger partial charge in [-0.15, -0.1) is 0 Å². The van der Waals surface area contributed by atoms with Crippen LogP contribution in [-0.4, -0.2) is 33.3 Å². The van der Waals surface area contributed by atoms with Crippen LogP contribution in [0.1, 0.15) is 74.0 Å². The van der Waals surface area contributed by atoms with Gasteiger partial charge in [0.2, 0.25) is 5.75 Å². The van der Waals surface area contributed by atoms with Crippen LogP contribution < -0.4 is 9.47 Å². The third-order valence-corrected chi connectivity index (χ3v) is 5.91. The van der Waals surface area contributed by atoms with Crippen molar-refractivity contribution in [1.29, 1.82) is 0 Å². The van der Waals surface area contributed by atoms with Crippen LogP contribution in [0.5, 0.6) is 34.5 Å². The molecule has 0 spiro atoms. The van der Waals surface area contributed by atoms with Gasteiger partial charge in [0, 0.05) is 17.2 Å². The van der Waals surface area contributed by atoms with E-state index in [0.29, 0.717) is 24.0 Å². The Balaban J connectivity index is 1.80. The number of Topliss-reactive ketones (excluding diaryl/α,β-unsaturated/α-hetero) is 1. The van der Waals surface area contributed by atoms with E-state index in [2.05, 4.69) is 32.9 Å². The summed E-state index contributed by atoms with van der Waals surface area (Å²) in [6.07, 6.45) is 6.31. The molecule has 182 valence electrons. The molecule has 0 saturated heterocycles. The molecule has 0 saturated carbocycles. The van der Waals surface area contributed by atoms with Crippen molar-refractivity contribution < 1.29 is 34.7 Å². The van der Waals surface area contributed by atoms with Crippen molar-refractivity contribution in [1.82, 2.24) is 0 Å². The molecule has 7 nitrogen and oxygen atoms in total. The Morgan fingerprint density at radius 3 is 2.44 bits per heavy atom. The lowest BCUT2D eigenvalue weighted by Crippen LogP contribution is -2.21. The van der Waals surface area contributed by atoms with Gasteiger partial charge in [-0.05, 0) is 58.6 Å². The van der Waals surface area contributed by atoms with Gasteiger partial charge >= 0.3 is 0 Å². The van der Waals surface area contributed by atoms with Crippen LogP contribution >= 0.6 is 0 Å². The molecular formula is C27H32O7. The summed E-state index contributed by atoms with van der Waals surface area (Å²) in [6.45, 7) is 6.19. The summed E-state index contributed by atoms with van der Waals surface area (Å²) in [5, 5.41) is 41.2. The van der Waals surface area contributed by atoms with Crippen LogP contribution in [-0.2, 0) is 6.42 Å². The summed E-state index contributed by atoms with van der Waals surface area (Å²) in [6, 6.07) is 4.11. The predicted molar refractivity (Wildman–Crippen MR) is 129 cm³/mol. The molecular weight excluding hydrogens is 436 g/mol. The van der Waals surface area contributed by atoms with E-state index >= 15 is 0 Å². The van der Waals surface area contributed by atoms with Crippen molar-refractivity contribution in [3.05, 3.63) is 58.2 Å². The number of carbonyl (C=O) groups excluding carboxylic acids is 1. The fourth-order valence-corrected chi connectivity index (χ4v) is 4.04. The Kier molecular flexibility index (Phi) is 7.76. The molecule has 3 rings (SSSR count). The molecule has 0 amide bonds. The van der Waals surface area contributed by atoms with E-state index in [1.807, 2.05) is 0 Å². The van der Waals surface area contributed by atoms with E-state index in [4.69, 9.17) is 9.47 Å². The number of rotatable bonds is 8. The summed E-state index contributed by atoms with van der Waals surface area (Å²) < 4.78 is 11.0. The molecule has 0 fully saturated rings. The number of benzene rings is 2. The standard InChI is InChI=1S/C27H32O7/c1-15(2)7-5-8-16(3)9-6-10-18-19(28)13-23-25(26(18)31)20(29)14-22(34-23)17-11-21(30)27(32)24(12-17)33-4/h7,9,11-13,22,28,30-32H,5-6,8,10,14H2,1-4H3/t22-/m0/s1. The molecule has 1 atom stereocenters. The summed E-state index contributed by atoms with van der Waals surface area (Å²) in [5.41, 5.74) is 3.29. The Bertz CT molecular complexity index is 1140. The number of hydrogen-bond donors (Lipinski definition) is 4. The Morgan fingerprint density at radius 2 is 1.76 bits per heavy atom. The van der Waals surface area contributed by atoms with E-state index in [9.17, 15) is 25.2 Å². The summed E-state index contributed by atoms with van der Waals surface area (Å²) in [7, 11) is 1.35. The van der Waals surface area contributed by atoms with Crippen LogP contribution in [0.25, 0.3) is 0 Å². The SMILES string of the molecule is COc1cc([C@@H]2CC(=O)c3c(cc(O)c(CCC=C(C)CCC=C(C)C)c3O)O2)cc(O)c1O. The summed E-state index contributed by atoms with van der Waals surface area (Å²) in [5.74, 6) is -1.45. The summed E-state index contributed by atoms with van der Waals surface area (Å²) in [4.78, 5) is 12.9. The average Bonchev–Trinajstić information content (AvgIpc) is 2.76. The van der Waals surface area contributed by atoms with Crippen LogP contribution in [0, 0.1) is 0 Å². The van der Waals surface area contributed by atoms with Gasteiger partial charge in [-0.2, -0.15) is 0 Å². The van der Waals surface area contributed by atoms with Gasteiger partial charge in [-0.3, -0.25) is 4.79 Å². The minimum Gasteiger partial charge on any atom is -0.507 e. The lowest BCUT2D eigenvalue weighted by Gasteiger charge is -2.27. The van der Waals surface area contributed by atoms with Gasteiger partial charge in [0.05, 0.1) is 13.5 Å². The third-order valence-electron chi connectivity index (χ3n) is 5.91. The highest BCUT2D eigenvalue weighted by Crippen LogP contribution is 2.46. The fraction of sp³-hybridized carbons (Fsp3) is 0.370. The molecule has 2 aromatic carbocycles. The quantitative estimate of drug-likeness (QED) is 0.284. The molecule has 2 aromatic rings. The number of fused-ring (bicyclic) bond motifs is 1. The number of hydrogen-bond acceptors (Lipinski definition) is 7. The third kappa shape index (κ3) is 5.47. The van der Waals surface area contributed by atoms with Gasteiger partial charge in [0.25, 0.3) is 0 Å². The fourth-order valence-electron chi connectivity index (χ4n) is 4.04. The second-order valence-electron chi connectivity index (χ2n) is 8.83. The van der Waals surface area contributed by atoms with Crippen molar-refractivity contribution in [3.8, 4) is 34.5 Å². The Hall–Kier alpha value is -3.61. The molecule has 4 N–H and O–H groups in total. The Morgan fingerprint density at radius 1 is 1.03 bits per heavy atom. The van der Waals surface area contributed by atoms with Crippen molar-refractivity contribution in [2.45, 2.75) is 59.0 Å². The number of ether oxygens (including phenoxy) is 2. The van der Waals surface area contributed by atoms with Gasteiger partial charge in [0.15, 0.2) is 17.3 Å². The highest BCUT2D eigenvalue weighted by Gasteiger charge is 2.33. The number of phenols is 4. The second kappa shape index (κ2) is 10.5. The van der Waals surface area contributed by atoms with E-state index in [0.717, 1.165) is 12.8 Å². The molecule has 0 unspecified atom stereocenters. The minimum absolute atomic E-state index is 0.0436. The van der Waals surface area contributed by atoms with Gasteiger partial charge < -0.3 is 29.9 Å². The normalized spacial score (nSPS) is 15.5. The number of carbonyl (C=O) groups is 1. The first-order valence-electron chi connectivity index (χ1n) is 11.3.